The second kappa shape index (κ2) is 7.38. The second-order valence-electron chi connectivity index (χ2n) is 5.60. The maximum atomic E-state index is 13.8. The lowest BCUT2D eigenvalue weighted by Gasteiger charge is -2.34. The van der Waals surface area contributed by atoms with Gasteiger partial charge in [-0.2, -0.15) is 0 Å². The fraction of sp³-hybridized carbons (Fsp3) is 0.250. The summed E-state index contributed by atoms with van der Waals surface area (Å²) in [6.07, 6.45) is 0. The second-order valence-corrected chi connectivity index (χ2v) is 7.10. The van der Waals surface area contributed by atoms with Gasteiger partial charge in [0.05, 0.1) is 15.4 Å². The number of carbonyl (C=O) groups is 2. The number of benzene rings is 1. The van der Waals surface area contributed by atoms with Crippen LogP contribution in [0.3, 0.4) is 0 Å². The largest absolute Gasteiger partial charge is 0.335 e. The summed E-state index contributed by atoms with van der Waals surface area (Å²) in [5, 5.41) is 10.9. The third-order valence-corrected chi connectivity index (χ3v) is 5.26. The highest BCUT2D eigenvalue weighted by atomic mass is 35.5. The molecule has 0 spiro atoms. The quantitative estimate of drug-likeness (QED) is 0.588. The van der Waals surface area contributed by atoms with Crippen LogP contribution in [0.2, 0.25) is 5.02 Å². The Morgan fingerprint density at radius 3 is 2.27 bits per heavy atom. The Bertz CT molecular complexity index is 880. The van der Waals surface area contributed by atoms with Crippen molar-refractivity contribution < 1.29 is 18.9 Å². The van der Waals surface area contributed by atoms with Gasteiger partial charge in [0.15, 0.2) is 0 Å². The van der Waals surface area contributed by atoms with E-state index in [4.69, 9.17) is 11.6 Å². The number of carbonyl (C=O) groups excluding carboxylic acids is 2. The van der Waals surface area contributed by atoms with Gasteiger partial charge in [-0.15, -0.1) is 0 Å². The van der Waals surface area contributed by atoms with Crippen molar-refractivity contribution in [1.82, 2.24) is 9.80 Å². The number of rotatable bonds is 3. The van der Waals surface area contributed by atoms with Crippen LogP contribution in [0.5, 0.6) is 0 Å². The number of hydrogen-bond acceptors (Lipinski definition) is 5. The fourth-order valence-corrected chi connectivity index (χ4v) is 3.60. The predicted octanol–water partition coefficient (Wildman–Crippen LogP) is 3.05. The third kappa shape index (κ3) is 3.68. The van der Waals surface area contributed by atoms with Crippen LogP contribution in [0.4, 0.5) is 9.39 Å². The van der Waals surface area contributed by atoms with Crippen molar-refractivity contribution in [2.75, 3.05) is 26.2 Å². The van der Waals surface area contributed by atoms with Gasteiger partial charge in [-0.25, -0.2) is 4.39 Å². The van der Waals surface area contributed by atoms with Crippen LogP contribution in [0, 0.1) is 15.9 Å². The molecule has 0 N–H and O–H groups in total. The van der Waals surface area contributed by atoms with Gasteiger partial charge < -0.3 is 9.80 Å². The highest BCUT2D eigenvalue weighted by Gasteiger charge is 2.28. The van der Waals surface area contributed by atoms with Gasteiger partial charge in [0, 0.05) is 37.3 Å². The van der Waals surface area contributed by atoms with Crippen LogP contribution < -0.4 is 0 Å². The van der Waals surface area contributed by atoms with Crippen LogP contribution in [0.15, 0.2) is 30.3 Å². The molecule has 1 aliphatic heterocycles. The SMILES string of the molecule is O=C(c1ccc([N+](=O)[O-])s1)N1CCN(C(=O)c2cc(Cl)ccc2F)CC1. The number of halogens is 2. The highest BCUT2D eigenvalue weighted by molar-refractivity contribution is 7.17. The third-order valence-electron chi connectivity index (χ3n) is 4.00. The smallest absolute Gasteiger partial charge is 0.324 e. The molecule has 10 heteroatoms. The van der Waals surface area contributed by atoms with Crippen LogP contribution in [-0.2, 0) is 0 Å². The summed E-state index contributed by atoms with van der Waals surface area (Å²) < 4.78 is 13.8. The standard InChI is InChI=1S/C16H13ClFN3O4S/c17-10-1-2-12(18)11(9-10)15(22)19-5-7-20(8-6-19)16(23)13-3-4-14(26-13)21(24)25/h1-4,9H,5-8H2. The van der Waals surface area contributed by atoms with Gasteiger partial charge >= 0.3 is 5.00 Å². The van der Waals surface area contributed by atoms with Gasteiger partial charge in [0.1, 0.15) is 5.82 Å². The Labute approximate surface area is 156 Å². The van der Waals surface area contributed by atoms with Crippen molar-refractivity contribution in [3.8, 4) is 0 Å². The first-order valence-electron chi connectivity index (χ1n) is 7.64. The van der Waals surface area contributed by atoms with Crippen molar-refractivity contribution in [2.24, 2.45) is 0 Å². The molecule has 3 rings (SSSR count). The predicted molar refractivity (Wildman–Crippen MR) is 94.2 cm³/mol. The summed E-state index contributed by atoms with van der Waals surface area (Å²) in [4.78, 5) is 38.3. The molecular weight excluding hydrogens is 385 g/mol. The normalized spacial score (nSPS) is 14.4. The Morgan fingerprint density at radius 1 is 1.08 bits per heavy atom. The van der Waals surface area contributed by atoms with Gasteiger partial charge in [0.2, 0.25) is 0 Å². The molecule has 0 unspecified atom stereocenters. The molecule has 2 heterocycles. The van der Waals surface area contributed by atoms with Crippen LogP contribution in [0.1, 0.15) is 20.0 Å². The Kier molecular flexibility index (Phi) is 5.19. The minimum atomic E-state index is -0.649. The molecule has 2 aromatic rings. The van der Waals surface area contributed by atoms with E-state index in [1.807, 2.05) is 0 Å². The average molecular weight is 398 g/mol. The summed E-state index contributed by atoms with van der Waals surface area (Å²) in [5.74, 6) is -1.45. The molecule has 136 valence electrons. The zero-order valence-electron chi connectivity index (χ0n) is 13.4. The number of amides is 2. The van der Waals surface area contributed by atoms with Crippen LogP contribution in [0.25, 0.3) is 0 Å². The molecule has 1 fully saturated rings. The van der Waals surface area contributed by atoms with E-state index in [9.17, 15) is 24.1 Å². The van der Waals surface area contributed by atoms with Crippen molar-refractivity contribution in [3.05, 3.63) is 61.7 Å². The minimum Gasteiger partial charge on any atom is -0.335 e. The number of nitrogens with zero attached hydrogens (tertiary/aromatic N) is 3. The lowest BCUT2D eigenvalue weighted by Crippen LogP contribution is -2.50. The van der Waals surface area contributed by atoms with E-state index in [0.717, 1.165) is 17.4 Å². The molecule has 7 nitrogen and oxygen atoms in total. The summed E-state index contributed by atoms with van der Waals surface area (Å²) in [6.45, 7) is 1.00. The average Bonchev–Trinajstić information content (AvgIpc) is 3.13. The van der Waals surface area contributed by atoms with Crippen molar-refractivity contribution in [3.63, 3.8) is 0 Å². The fourth-order valence-electron chi connectivity index (χ4n) is 2.64. The molecule has 26 heavy (non-hydrogen) atoms. The van der Waals surface area contributed by atoms with E-state index in [2.05, 4.69) is 0 Å². The van der Waals surface area contributed by atoms with Crippen molar-refractivity contribution in [2.45, 2.75) is 0 Å². The number of nitro groups is 1. The maximum Gasteiger partial charge on any atom is 0.324 e. The van der Waals surface area contributed by atoms with E-state index in [0.29, 0.717) is 0 Å². The zero-order chi connectivity index (χ0) is 18.8. The lowest BCUT2D eigenvalue weighted by molar-refractivity contribution is -0.380. The van der Waals surface area contributed by atoms with Crippen molar-refractivity contribution in [1.29, 1.82) is 0 Å². The monoisotopic (exact) mass is 397 g/mol. The van der Waals surface area contributed by atoms with Gasteiger partial charge in [-0.05, 0) is 24.3 Å². The van der Waals surface area contributed by atoms with Crippen LogP contribution in [-0.4, -0.2) is 52.7 Å². The Morgan fingerprint density at radius 2 is 1.69 bits per heavy atom. The van der Waals surface area contributed by atoms with Gasteiger partial charge in [-0.3, -0.25) is 19.7 Å². The molecule has 2 amide bonds. The molecule has 1 aliphatic rings. The first-order chi connectivity index (χ1) is 12.4. The Balaban J connectivity index is 1.65. The van der Waals surface area contributed by atoms with Gasteiger partial charge in [-0.1, -0.05) is 22.9 Å². The summed E-state index contributed by atoms with van der Waals surface area (Å²) >= 11 is 6.63. The molecule has 0 bridgehead atoms. The van der Waals surface area contributed by atoms with E-state index < -0.39 is 16.6 Å². The van der Waals surface area contributed by atoms with E-state index >= 15 is 0 Å². The zero-order valence-corrected chi connectivity index (χ0v) is 14.9. The number of hydrogen-bond donors (Lipinski definition) is 0. The topological polar surface area (TPSA) is 83.8 Å². The molecule has 1 aromatic heterocycles. The highest BCUT2D eigenvalue weighted by Crippen LogP contribution is 2.25. The molecular formula is C16H13ClFN3O4S. The van der Waals surface area contributed by atoms with Crippen LogP contribution >= 0.6 is 22.9 Å². The molecule has 0 radical (unpaired) electrons. The summed E-state index contributed by atoms with van der Waals surface area (Å²) in [5.41, 5.74) is -0.105. The number of thiophene rings is 1. The summed E-state index contributed by atoms with van der Waals surface area (Å²) in [6, 6.07) is 6.49. The molecule has 0 saturated carbocycles. The molecule has 0 aliphatic carbocycles. The lowest BCUT2D eigenvalue weighted by atomic mass is 10.1. The molecule has 1 aromatic carbocycles. The first-order valence-corrected chi connectivity index (χ1v) is 8.84. The van der Waals surface area contributed by atoms with Crippen molar-refractivity contribution >= 4 is 39.8 Å². The van der Waals surface area contributed by atoms with E-state index in [-0.39, 0.29) is 52.6 Å². The maximum absolute atomic E-state index is 13.8. The van der Waals surface area contributed by atoms with E-state index in [1.165, 1.54) is 34.1 Å². The number of piperazine rings is 1. The molecule has 0 atom stereocenters. The Hall–Kier alpha value is -2.52. The summed E-state index contributed by atoms with van der Waals surface area (Å²) in [7, 11) is 0. The first kappa shape index (κ1) is 18.3. The van der Waals surface area contributed by atoms with E-state index in [1.54, 1.807) is 0 Å². The minimum absolute atomic E-state index is 0.0985. The van der Waals surface area contributed by atoms with Gasteiger partial charge in [0.25, 0.3) is 11.8 Å². The molecule has 1 saturated heterocycles.